The number of fused-ring (bicyclic) bond motifs is 1. The van der Waals surface area contributed by atoms with Crippen LogP contribution in [0.15, 0.2) is 18.9 Å². The van der Waals surface area contributed by atoms with Crippen molar-refractivity contribution in [3.05, 3.63) is 30.4 Å². The van der Waals surface area contributed by atoms with Crippen LogP contribution in [0, 0.1) is 0 Å². The molecule has 0 saturated heterocycles. The third-order valence-corrected chi connectivity index (χ3v) is 3.92. The fourth-order valence-corrected chi connectivity index (χ4v) is 2.69. The van der Waals surface area contributed by atoms with Gasteiger partial charge >= 0.3 is 0 Å². The fraction of sp³-hybridized carbons (Fsp3) is 0.500. The van der Waals surface area contributed by atoms with Gasteiger partial charge in [0.2, 0.25) is 5.91 Å². The molecule has 0 atom stereocenters. The van der Waals surface area contributed by atoms with Gasteiger partial charge in [0.15, 0.2) is 0 Å². The van der Waals surface area contributed by atoms with Crippen molar-refractivity contribution in [2.45, 2.75) is 32.4 Å². The van der Waals surface area contributed by atoms with E-state index in [2.05, 4.69) is 15.1 Å². The third-order valence-electron chi connectivity index (χ3n) is 3.92. The maximum atomic E-state index is 12.3. The van der Waals surface area contributed by atoms with Gasteiger partial charge in [-0.05, 0) is 6.42 Å². The highest BCUT2D eigenvalue weighted by atomic mass is 16.2. The van der Waals surface area contributed by atoms with E-state index < -0.39 is 5.91 Å². The van der Waals surface area contributed by atoms with Crippen LogP contribution >= 0.6 is 0 Å². The molecule has 1 aliphatic heterocycles. The molecule has 9 nitrogen and oxygen atoms in total. The summed E-state index contributed by atoms with van der Waals surface area (Å²) in [5, 5.41) is 4.01. The quantitative estimate of drug-likeness (QED) is 0.794. The Labute approximate surface area is 133 Å². The van der Waals surface area contributed by atoms with Gasteiger partial charge in [0.05, 0.1) is 0 Å². The first-order valence-electron chi connectivity index (χ1n) is 7.59. The van der Waals surface area contributed by atoms with Gasteiger partial charge in [-0.25, -0.2) is 9.97 Å². The predicted molar refractivity (Wildman–Crippen MR) is 80.3 cm³/mol. The topological polar surface area (TPSA) is 112 Å². The predicted octanol–water partition coefficient (Wildman–Crippen LogP) is -0.561. The van der Waals surface area contributed by atoms with E-state index in [0.29, 0.717) is 39.0 Å². The number of rotatable bonds is 5. The Kier molecular flexibility index (Phi) is 4.35. The number of aryl methyl sites for hydroxylation is 1. The second-order valence-electron chi connectivity index (χ2n) is 5.49. The molecule has 0 unspecified atom stereocenters. The number of amides is 2. The molecule has 0 aromatic carbocycles. The molecular formula is C14H19N7O2. The number of nitrogens with zero attached hydrogens (tertiary/aromatic N) is 6. The zero-order valence-corrected chi connectivity index (χ0v) is 12.8. The second-order valence-corrected chi connectivity index (χ2v) is 5.49. The Bertz CT molecular complexity index is 667. The summed E-state index contributed by atoms with van der Waals surface area (Å²) in [6.45, 7) is 2.54. The van der Waals surface area contributed by atoms with E-state index in [1.54, 1.807) is 17.2 Å². The molecule has 2 N–H and O–H groups in total. The summed E-state index contributed by atoms with van der Waals surface area (Å²) in [4.78, 5) is 33.4. The van der Waals surface area contributed by atoms with Crippen LogP contribution in [0.25, 0.3) is 0 Å². The van der Waals surface area contributed by atoms with Crippen molar-refractivity contribution in [2.75, 3.05) is 13.1 Å². The average molecular weight is 317 g/mol. The maximum absolute atomic E-state index is 12.3. The monoisotopic (exact) mass is 317 g/mol. The molecule has 3 heterocycles. The van der Waals surface area contributed by atoms with Crippen LogP contribution in [0.1, 0.15) is 29.2 Å². The van der Waals surface area contributed by atoms with E-state index in [4.69, 9.17) is 5.73 Å². The number of aromatic nitrogens is 5. The van der Waals surface area contributed by atoms with E-state index in [1.165, 1.54) is 6.33 Å². The number of hydrogen-bond acceptors (Lipinski definition) is 5. The average Bonchev–Trinajstić information content (AvgIpc) is 3.14. The first-order valence-corrected chi connectivity index (χ1v) is 7.59. The van der Waals surface area contributed by atoms with Crippen molar-refractivity contribution in [1.82, 2.24) is 29.2 Å². The highest BCUT2D eigenvalue weighted by Gasteiger charge is 2.20. The van der Waals surface area contributed by atoms with Crippen molar-refractivity contribution in [3.63, 3.8) is 0 Å². The van der Waals surface area contributed by atoms with Crippen LogP contribution in [0.5, 0.6) is 0 Å². The molecular weight excluding hydrogens is 298 g/mol. The lowest BCUT2D eigenvalue weighted by Crippen LogP contribution is -2.33. The lowest BCUT2D eigenvalue weighted by atomic mass is 10.2. The highest BCUT2D eigenvalue weighted by molar-refractivity contribution is 5.90. The van der Waals surface area contributed by atoms with E-state index in [1.807, 2.05) is 9.47 Å². The summed E-state index contributed by atoms with van der Waals surface area (Å²) in [6.07, 6.45) is 6.63. The molecule has 0 spiro atoms. The molecule has 23 heavy (non-hydrogen) atoms. The van der Waals surface area contributed by atoms with Gasteiger partial charge in [0.1, 0.15) is 24.2 Å². The van der Waals surface area contributed by atoms with Gasteiger partial charge in [0, 0.05) is 45.2 Å². The summed E-state index contributed by atoms with van der Waals surface area (Å²) < 4.78 is 3.62. The van der Waals surface area contributed by atoms with Crippen molar-refractivity contribution >= 4 is 11.8 Å². The number of carbonyl (C=O) groups excluding carboxylic acids is 2. The van der Waals surface area contributed by atoms with Gasteiger partial charge in [-0.15, -0.1) is 0 Å². The molecule has 0 bridgehead atoms. The Morgan fingerprint density at radius 1 is 1.26 bits per heavy atom. The van der Waals surface area contributed by atoms with Gasteiger partial charge in [-0.1, -0.05) is 0 Å². The van der Waals surface area contributed by atoms with Crippen molar-refractivity contribution in [2.24, 2.45) is 5.73 Å². The number of primary amides is 1. The van der Waals surface area contributed by atoms with Crippen molar-refractivity contribution < 1.29 is 9.59 Å². The lowest BCUT2D eigenvalue weighted by molar-refractivity contribution is -0.131. The molecule has 0 saturated carbocycles. The molecule has 3 rings (SSSR count). The summed E-state index contributed by atoms with van der Waals surface area (Å²) in [5.41, 5.74) is 5.53. The Hall–Kier alpha value is -2.71. The second kappa shape index (κ2) is 6.59. The molecule has 2 aromatic heterocycles. The largest absolute Gasteiger partial charge is 0.364 e. The number of imidazole rings is 1. The van der Waals surface area contributed by atoms with Gasteiger partial charge in [0.25, 0.3) is 5.91 Å². The molecule has 0 fully saturated rings. The van der Waals surface area contributed by atoms with Crippen LogP contribution in [0.3, 0.4) is 0 Å². The fourth-order valence-electron chi connectivity index (χ4n) is 2.69. The smallest absolute Gasteiger partial charge is 0.268 e. The minimum Gasteiger partial charge on any atom is -0.364 e. The van der Waals surface area contributed by atoms with Crippen LogP contribution < -0.4 is 5.73 Å². The normalized spacial score (nSPS) is 14.3. The molecule has 0 aliphatic carbocycles. The van der Waals surface area contributed by atoms with E-state index in [-0.39, 0.29) is 11.6 Å². The van der Waals surface area contributed by atoms with Gasteiger partial charge in [-0.3, -0.25) is 14.3 Å². The minimum atomic E-state index is -0.522. The molecule has 2 aromatic rings. The van der Waals surface area contributed by atoms with Crippen LogP contribution in [0.2, 0.25) is 0 Å². The Morgan fingerprint density at radius 2 is 2.13 bits per heavy atom. The molecule has 122 valence electrons. The number of carbonyl (C=O) groups is 2. The van der Waals surface area contributed by atoms with Gasteiger partial charge in [-0.2, -0.15) is 5.10 Å². The first kappa shape index (κ1) is 15.2. The SMILES string of the molecule is NC(=O)c1cn2c(n1)CCN(C(=O)CCCn1cncn1)CC2. The minimum absolute atomic E-state index is 0.131. The van der Waals surface area contributed by atoms with E-state index >= 15 is 0 Å². The summed E-state index contributed by atoms with van der Waals surface area (Å²) in [5.74, 6) is 0.411. The molecule has 1 aliphatic rings. The molecule has 0 radical (unpaired) electrons. The standard InChI is InChI=1S/C14H19N7O2/c15-14(23)11-8-20-7-6-19(5-3-12(20)18-11)13(22)2-1-4-21-10-16-9-17-21/h8-10H,1-7H2,(H2,15,23). The summed E-state index contributed by atoms with van der Waals surface area (Å²) in [6, 6.07) is 0. The first-order chi connectivity index (χ1) is 11.1. The Balaban J connectivity index is 1.51. The van der Waals surface area contributed by atoms with Crippen LogP contribution in [-0.2, 0) is 24.3 Å². The van der Waals surface area contributed by atoms with Gasteiger partial charge < -0.3 is 15.2 Å². The zero-order valence-electron chi connectivity index (χ0n) is 12.8. The maximum Gasteiger partial charge on any atom is 0.268 e. The number of hydrogen-bond donors (Lipinski definition) is 1. The van der Waals surface area contributed by atoms with E-state index in [0.717, 1.165) is 12.2 Å². The van der Waals surface area contributed by atoms with Crippen molar-refractivity contribution in [3.8, 4) is 0 Å². The van der Waals surface area contributed by atoms with Crippen LogP contribution in [0.4, 0.5) is 0 Å². The summed E-state index contributed by atoms with van der Waals surface area (Å²) >= 11 is 0. The van der Waals surface area contributed by atoms with Crippen LogP contribution in [-0.4, -0.2) is 54.1 Å². The third kappa shape index (κ3) is 3.55. The highest BCUT2D eigenvalue weighted by Crippen LogP contribution is 2.11. The number of nitrogens with two attached hydrogens (primary N) is 1. The molecule has 9 heteroatoms. The Morgan fingerprint density at radius 3 is 2.87 bits per heavy atom. The zero-order chi connectivity index (χ0) is 16.2. The van der Waals surface area contributed by atoms with Crippen molar-refractivity contribution in [1.29, 1.82) is 0 Å². The van der Waals surface area contributed by atoms with E-state index in [9.17, 15) is 9.59 Å². The summed E-state index contributed by atoms with van der Waals surface area (Å²) in [7, 11) is 0. The molecule has 2 amide bonds. The lowest BCUT2D eigenvalue weighted by Gasteiger charge is -2.20.